The molecule has 0 unspecified atom stereocenters. The van der Waals surface area contributed by atoms with Gasteiger partial charge in [-0.25, -0.2) is 9.37 Å². The van der Waals surface area contributed by atoms with Crippen LogP contribution in [-0.4, -0.2) is 21.8 Å². The molecule has 2 heterocycles. The summed E-state index contributed by atoms with van der Waals surface area (Å²) in [5.74, 6) is -0.372. The Morgan fingerprint density at radius 1 is 1.36 bits per heavy atom. The number of rotatable bonds is 5. The number of carbonyl (C=O) groups is 1. The molecular formula is C16H16FN3OS. The second-order valence-electron chi connectivity index (χ2n) is 5.02. The SMILES string of the molecule is CCCCNC(=O)c1csc2nc(-c3ccc(F)cc3)cn12. The van der Waals surface area contributed by atoms with Gasteiger partial charge < -0.3 is 5.32 Å². The zero-order valence-corrected chi connectivity index (χ0v) is 13.0. The van der Waals surface area contributed by atoms with Gasteiger partial charge in [0, 0.05) is 23.7 Å². The highest BCUT2D eigenvalue weighted by molar-refractivity contribution is 7.15. The van der Waals surface area contributed by atoms with Gasteiger partial charge in [0.15, 0.2) is 4.96 Å². The number of thiazole rings is 1. The number of hydrogen-bond donors (Lipinski definition) is 1. The molecule has 3 rings (SSSR count). The van der Waals surface area contributed by atoms with Gasteiger partial charge in [-0.15, -0.1) is 11.3 Å². The topological polar surface area (TPSA) is 46.4 Å². The van der Waals surface area contributed by atoms with Gasteiger partial charge in [-0.3, -0.25) is 9.20 Å². The van der Waals surface area contributed by atoms with Crippen LogP contribution >= 0.6 is 11.3 Å². The highest BCUT2D eigenvalue weighted by atomic mass is 32.1. The van der Waals surface area contributed by atoms with E-state index in [0.717, 1.165) is 29.1 Å². The van der Waals surface area contributed by atoms with Crippen molar-refractivity contribution in [2.24, 2.45) is 0 Å². The maximum Gasteiger partial charge on any atom is 0.269 e. The Morgan fingerprint density at radius 2 is 2.14 bits per heavy atom. The number of aromatic nitrogens is 2. The van der Waals surface area contributed by atoms with Crippen LogP contribution in [0.3, 0.4) is 0 Å². The van der Waals surface area contributed by atoms with E-state index < -0.39 is 0 Å². The highest BCUT2D eigenvalue weighted by Gasteiger charge is 2.14. The van der Waals surface area contributed by atoms with Crippen LogP contribution in [0.15, 0.2) is 35.8 Å². The van der Waals surface area contributed by atoms with E-state index in [2.05, 4.69) is 17.2 Å². The van der Waals surface area contributed by atoms with E-state index in [1.54, 1.807) is 21.9 Å². The zero-order valence-electron chi connectivity index (χ0n) is 12.2. The maximum absolute atomic E-state index is 13.0. The minimum atomic E-state index is -0.277. The largest absolute Gasteiger partial charge is 0.351 e. The number of unbranched alkanes of at least 4 members (excludes halogenated alkanes) is 1. The van der Waals surface area contributed by atoms with E-state index in [9.17, 15) is 9.18 Å². The molecule has 0 radical (unpaired) electrons. The molecule has 0 saturated heterocycles. The molecule has 1 amide bonds. The third kappa shape index (κ3) is 2.87. The molecule has 0 fully saturated rings. The molecule has 6 heteroatoms. The molecule has 4 nitrogen and oxygen atoms in total. The summed E-state index contributed by atoms with van der Waals surface area (Å²) >= 11 is 1.42. The molecule has 1 N–H and O–H groups in total. The van der Waals surface area contributed by atoms with Crippen molar-refractivity contribution in [1.29, 1.82) is 0 Å². The monoisotopic (exact) mass is 317 g/mol. The molecule has 0 spiro atoms. The summed E-state index contributed by atoms with van der Waals surface area (Å²) in [4.78, 5) is 17.4. The lowest BCUT2D eigenvalue weighted by atomic mass is 10.2. The molecule has 114 valence electrons. The van der Waals surface area contributed by atoms with Crippen LogP contribution in [0.2, 0.25) is 0 Å². The lowest BCUT2D eigenvalue weighted by molar-refractivity contribution is 0.0947. The second-order valence-corrected chi connectivity index (χ2v) is 5.85. The summed E-state index contributed by atoms with van der Waals surface area (Å²) in [6, 6.07) is 6.17. The first-order valence-corrected chi connectivity index (χ1v) is 8.07. The van der Waals surface area contributed by atoms with Crippen LogP contribution in [0.5, 0.6) is 0 Å². The number of fused-ring (bicyclic) bond motifs is 1. The quantitative estimate of drug-likeness (QED) is 0.729. The molecule has 0 saturated carbocycles. The first kappa shape index (κ1) is 14.7. The van der Waals surface area contributed by atoms with Gasteiger partial charge in [0.2, 0.25) is 0 Å². The number of amides is 1. The molecule has 1 aromatic carbocycles. The zero-order chi connectivity index (χ0) is 15.5. The first-order chi connectivity index (χ1) is 10.7. The van der Waals surface area contributed by atoms with Crippen molar-refractivity contribution in [2.75, 3.05) is 6.54 Å². The van der Waals surface area contributed by atoms with Crippen molar-refractivity contribution in [3.63, 3.8) is 0 Å². The Hall–Kier alpha value is -2.21. The maximum atomic E-state index is 13.0. The molecule has 22 heavy (non-hydrogen) atoms. The number of benzene rings is 1. The minimum absolute atomic E-state index is 0.0947. The Labute approximate surface area is 131 Å². The van der Waals surface area contributed by atoms with Gasteiger partial charge in [-0.2, -0.15) is 0 Å². The normalized spacial score (nSPS) is 11.0. The van der Waals surface area contributed by atoms with E-state index in [-0.39, 0.29) is 11.7 Å². The van der Waals surface area contributed by atoms with E-state index >= 15 is 0 Å². The van der Waals surface area contributed by atoms with Gasteiger partial charge in [0.05, 0.1) is 5.69 Å². The number of nitrogens with one attached hydrogen (secondary N) is 1. The fourth-order valence-electron chi connectivity index (χ4n) is 2.18. The molecule has 0 aliphatic heterocycles. The van der Waals surface area contributed by atoms with Gasteiger partial charge in [0.25, 0.3) is 5.91 Å². The third-order valence-electron chi connectivity index (χ3n) is 3.40. The first-order valence-electron chi connectivity index (χ1n) is 7.19. The average molecular weight is 317 g/mol. The summed E-state index contributed by atoms with van der Waals surface area (Å²) < 4.78 is 14.8. The summed E-state index contributed by atoms with van der Waals surface area (Å²) in [6.07, 6.45) is 3.82. The van der Waals surface area contributed by atoms with Gasteiger partial charge in [-0.05, 0) is 30.7 Å². The van der Waals surface area contributed by atoms with Crippen molar-refractivity contribution in [1.82, 2.24) is 14.7 Å². The molecule has 0 aliphatic rings. The van der Waals surface area contributed by atoms with Crippen LogP contribution in [0.1, 0.15) is 30.3 Å². The molecule has 0 bridgehead atoms. The van der Waals surface area contributed by atoms with Crippen LogP contribution in [0.25, 0.3) is 16.2 Å². The van der Waals surface area contributed by atoms with Crippen molar-refractivity contribution in [2.45, 2.75) is 19.8 Å². The summed E-state index contributed by atoms with van der Waals surface area (Å²) in [7, 11) is 0. The summed E-state index contributed by atoms with van der Waals surface area (Å²) in [6.45, 7) is 2.76. The lowest BCUT2D eigenvalue weighted by Gasteiger charge is -2.02. The Bertz CT molecular complexity index is 791. The summed E-state index contributed by atoms with van der Waals surface area (Å²) in [5.41, 5.74) is 2.14. The molecule has 3 aromatic rings. The number of halogens is 1. The van der Waals surface area contributed by atoms with Crippen LogP contribution < -0.4 is 5.32 Å². The van der Waals surface area contributed by atoms with E-state index in [1.165, 1.54) is 23.5 Å². The van der Waals surface area contributed by atoms with Crippen molar-refractivity contribution in [3.8, 4) is 11.3 Å². The minimum Gasteiger partial charge on any atom is -0.351 e. The number of imidazole rings is 1. The van der Waals surface area contributed by atoms with Gasteiger partial charge >= 0.3 is 0 Å². The second kappa shape index (κ2) is 6.27. The Morgan fingerprint density at radius 3 is 2.86 bits per heavy atom. The Kier molecular flexibility index (Phi) is 4.20. The number of carbonyl (C=O) groups excluding carboxylic acids is 1. The van der Waals surface area contributed by atoms with Crippen LogP contribution in [-0.2, 0) is 0 Å². The molecule has 0 atom stereocenters. The fourth-order valence-corrected chi connectivity index (χ4v) is 3.03. The molecule has 0 aliphatic carbocycles. The molecular weight excluding hydrogens is 301 g/mol. The van der Waals surface area contributed by atoms with Crippen LogP contribution in [0, 0.1) is 5.82 Å². The average Bonchev–Trinajstić information content (AvgIpc) is 3.08. The van der Waals surface area contributed by atoms with Crippen LogP contribution in [0.4, 0.5) is 4.39 Å². The van der Waals surface area contributed by atoms with Gasteiger partial charge in [-0.1, -0.05) is 13.3 Å². The van der Waals surface area contributed by atoms with Gasteiger partial charge in [0.1, 0.15) is 11.5 Å². The van der Waals surface area contributed by atoms with E-state index in [1.807, 2.05) is 6.20 Å². The van der Waals surface area contributed by atoms with Crippen molar-refractivity contribution >= 4 is 22.2 Å². The summed E-state index contributed by atoms with van der Waals surface area (Å²) in [5, 5.41) is 4.71. The van der Waals surface area contributed by atoms with Crippen molar-refractivity contribution < 1.29 is 9.18 Å². The van der Waals surface area contributed by atoms with E-state index in [0.29, 0.717) is 12.2 Å². The van der Waals surface area contributed by atoms with E-state index in [4.69, 9.17) is 0 Å². The Balaban J connectivity index is 1.88. The third-order valence-corrected chi connectivity index (χ3v) is 4.24. The smallest absolute Gasteiger partial charge is 0.269 e. The lowest BCUT2D eigenvalue weighted by Crippen LogP contribution is -2.25. The predicted molar refractivity (Wildman–Crippen MR) is 85.7 cm³/mol. The molecule has 2 aromatic heterocycles. The standard InChI is InChI=1S/C16H16FN3OS/c1-2-3-8-18-15(21)14-10-22-16-19-13(9-20(14)16)11-4-6-12(17)7-5-11/h4-7,9-10H,2-3,8H2,1H3,(H,18,21). The fraction of sp³-hybridized carbons (Fsp3) is 0.250. The predicted octanol–water partition coefficient (Wildman–Crippen LogP) is 3.73. The number of nitrogens with zero attached hydrogens (tertiary/aromatic N) is 2. The van der Waals surface area contributed by atoms with Crippen molar-refractivity contribution in [3.05, 3.63) is 47.4 Å². The highest BCUT2D eigenvalue weighted by Crippen LogP contribution is 2.23. The number of hydrogen-bond acceptors (Lipinski definition) is 3.